The molecule has 32 heavy (non-hydrogen) atoms. The summed E-state index contributed by atoms with van der Waals surface area (Å²) >= 11 is 0. The first-order valence-corrected chi connectivity index (χ1v) is 11.0. The van der Waals surface area contributed by atoms with Crippen molar-refractivity contribution in [2.75, 3.05) is 12.3 Å². The van der Waals surface area contributed by atoms with E-state index in [1.165, 1.54) is 0 Å². The number of pyridine rings is 2. The van der Waals surface area contributed by atoms with Crippen molar-refractivity contribution >= 4 is 22.6 Å². The minimum atomic E-state index is -0.0942. The minimum absolute atomic E-state index is 0.0924. The van der Waals surface area contributed by atoms with Gasteiger partial charge in [0.1, 0.15) is 11.5 Å². The number of nitrogen functional groups attached to an aromatic ring is 1. The maximum Gasteiger partial charge on any atom is 0.273 e. The van der Waals surface area contributed by atoms with Gasteiger partial charge in [-0.3, -0.25) is 4.79 Å². The average Bonchev–Trinajstić information content (AvgIpc) is 3.23. The number of hydrogen-bond donors (Lipinski definition) is 1. The topological polar surface area (TPSA) is 116 Å². The molecule has 4 heterocycles. The largest absolute Gasteiger partial charge is 0.477 e. The molecule has 3 saturated carbocycles. The fourth-order valence-corrected chi connectivity index (χ4v) is 5.17. The van der Waals surface area contributed by atoms with E-state index >= 15 is 0 Å². The van der Waals surface area contributed by atoms with E-state index in [1.54, 1.807) is 12.3 Å². The monoisotopic (exact) mass is 432 g/mol. The number of hydrogen-bond acceptors (Lipinski definition) is 8. The number of fused-ring (bicyclic) bond motifs is 3. The van der Waals surface area contributed by atoms with Gasteiger partial charge in [0.2, 0.25) is 5.88 Å². The average molecular weight is 432 g/mol. The predicted octanol–water partition coefficient (Wildman–Crippen LogP) is 2.63. The summed E-state index contributed by atoms with van der Waals surface area (Å²) in [6.07, 6.45) is 4.75. The highest BCUT2D eigenvalue weighted by Crippen LogP contribution is 2.61. The number of nitrogens with two attached hydrogens (primary N) is 1. The Morgan fingerprint density at radius 2 is 2.06 bits per heavy atom. The number of carbonyl (C=O) groups is 1. The third kappa shape index (κ3) is 2.91. The summed E-state index contributed by atoms with van der Waals surface area (Å²) in [6, 6.07) is 5.50. The van der Waals surface area contributed by atoms with E-state index in [1.807, 2.05) is 24.0 Å². The number of aromatic nitrogens is 4. The van der Waals surface area contributed by atoms with Gasteiger partial charge in [0.15, 0.2) is 0 Å². The van der Waals surface area contributed by atoms with Crippen LogP contribution in [0.25, 0.3) is 10.9 Å². The van der Waals surface area contributed by atoms with E-state index in [4.69, 9.17) is 15.2 Å². The van der Waals surface area contributed by atoms with E-state index in [0.717, 1.165) is 47.4 Å². The van der Waals surface area contributed by atoms with Crippen LogP contribution in [0.4, 0.5) is 5.82 Å². The van der Waals surface area contributed by atoms with Crippen LogP contribution >= 0.6 is 0 Å². The molecule has 9 nitrogen and oxygen atoms in total. The van der Waals surface area contributed by atoms with Crippen molar-refractivity contribution in [3.63, 3.8) is 0 Å². The Morgan fingerprint density at radius 3 is 2.75 bits per heavy atom. The highest BCUT2D eigenvalue weighted by molar-refractivity contribution is 5.97. The van der Waals surface area contributed by atoms with Crippen LogP contribution in [0.3, 0.4) is 0 Å². The van der Waals surface area contributed by atoms with Gasteiger partial charge in [-0.25, -0.2) is 9.97 Å². The molecular weight excluding hydrogens is 408 g/mol. The molecule has 3 aromatic heterocycles. The molecule has 2 N–H and O–H groups in total. The SMILES string of the molecule is CCOc1ccc(CN(C(=O)c2cc3c4c(c(N)nc3cn2)COC4)C23CC(C2)C3)nn1. The second-order valence-electron chi connectivity index (χ2n) is 8.92. The summed E-state index contributed by atoms with van der Waals surface area (Å²) in [5.41, 5.74) is 9.70. The lowest BCUT2D eigenvalue weighted by atomic mass is 9.49. The van der Waals surface area contributed by atoms with Gasteiger partial charge in [0, 0.05) is 22.6 Å². The van der Waals surface area contributed by atoms with Gasteiger partial charge in [-0.05, 0) is 49.8 Å². The highest BCUT2D eigenvalue weighted by Gasteiger charge is 2.61. The Hall–Kier alpha value is -3.33. The molecule has 0 atom stereocenters. The van der Waals surface area contributed by atoms with Crippen molar-refractivity contribution in [1.82, 2.24) is 25.1 Å². The molecule has 7 rings (SSSR count). The molecule has 1 aliphatic heterocycles. The summed E-state index contributed by atoms with van der Waals surface area (Å²) in [6.45, 7) is 3.74. The molecule has 0 saturated heterocycles. The molecule has 9 heteroatoms. The summed E-state index contributed by atoms with van der Waals surface area (Å²) in [5.74, 6) is 1.59. The van der Waals surface area contributed by atoms with Crippen LogP contribution < -0.4 is 10.5 Å². The fourth-order valence-electron chi connectivity index (χ4n) is 5.17. The number of ether oxygens (including phenoxy) is 2. The molecule has 0 spiro atoms. The van der Waals surface area contributed by atoms with Crippen LogP contribution in [0.15, 0.2) is 24.4 Å². The van der Waals surface area contributed by atoms with E-state index in [2.05, 4.69) is 20.2 Å². The number of amides is 1. The quantitative estimate of drug-likeness (QED) is 0.632. The first-order chi connectivity index (χ1) is 15.6. The first kappa shape index (κ1) is 19.4. The van der Waals surface area contributed by atoms with Crippen molar-refractivity contribution in [2.45, 2.75) is 51.5 Å². The van der Waals surface area contributed by atoms with Crippen molar-refractivity contribution in [2.24, 2.45) is 5.92 Å². The maximum atomic E-state index is 13.7. The normalized spacial score (nSPS) is 22.7. The summed E-state index contributed by atoms with van der Waals surface area (Å²) in [7, 11) is 0. The Kier molecular flexibility index (Phi) is 4.29. The van der Waals surface area contributed by atoms with Crippen molar-refractivity contribution < 1.29 is 14.3 Å². The third-order valence-corrected chi connectivity index (χ3v) is 6.97. The van der Waals surface area contributed by atoms with E-state index in [-0.39, 0.29) is 11.4 Å². The lowest BCUT2D eigenvalue weighted by Crippen LogP contribution is -2.69. The summed E-state index contributed by atoms with van der Waals surface area (Å²) in [5, 5.41) is 9.28. The molecule has 164 valence electrons. The molecule has 3 aromatic rings. The van der Waals surface area contributed by atoms with E-state index in [9.17, 15) is 4.79 Å². The Bertz CT molecular complexity index is 1210. The molecule has 0 unspecified atom stereocenters. The van der Waals surface area contributed by atoms with Crippen molar-refractivity contribution in [1.29, 1.82) is 0 Å². The molecule has 0 aromatic carbocycles. The number of anilines is 1. The van der Waals surface area contributed by atoms with Gasteiger partial charge in [0.05, 0.1) is 43.8 Å². The minimum Gasteiger partial charge on any atom is -0.477 e. The number of nitrogens with zero attached hydrogens (tertiary/aromatic N) is 5. The van der Waals surface area contributed by atoms with E-state index < -0.39 is 0 Å². The number of rotatable bonds is 6. The van der Waals surface area contributed by atoms with Gasteiger partial charge in [-0.1, -0.05) is 0 Å². The lowest BCUT2D eigenvalue weighted by molar-refractivity contribution is -0.128. The van der Waals surface area contributed by atoms with Gasteiger partial charge < -0.3 is 20.1 Å². The van der Waals surface area contributed by atoms with Gasteiger partial charge in [-0.15, -0.1) is 5.10 Å². The van der Waals surface area contributed by atoms with Crippen LogP contribution in [0.2, 0.25) is 0 Å². The zero-order valence-electron chi connectivity index (χ0n) is 17.9. The van der Waals surface area contributed by atoms with Crippen LogP contribution in [-0.2, 0) is 24.5 Å². The lowest BCUT2D eigenvalue weighted by Gasteiger charge is -2.66. The van der Waals surface area contributed by atoms with Crippen molar-refractivity contribution in [3.8, 4) is 5.88 Å². The molecule has 2 bridgehead atoms. The van der Waals surface area contributed by atoms with Gasteiger partial charge >= 0.3 is 0 Å². The molecular formula is C23H24N6O3. The molecule has 3 fully saturated rings. The third-order valence-electron chi connectivity index (χ3n) is 6.97. The Morgan fingerprint density at radius 1 is 1.25 bits per heavy atom. The second-order valence-corrected chi connectivity index (χ2v) is 8.92. The standard InChI is InChI=1S/C23H24N6O3/c1-2-32-20-4-3-14(27-28-20)10-29(23-6-13(7-23)8-23)22(30)18-5-15-16-11-31-12-17(16)21(24)26-19(15)9-25-18/h3-5,9,13H,2,6-8,10-12H2,1H3,(H2,24,26). The maximum absolute atomic E-state index is 13.7. The highest BCUT2D eigenvalue weighted by atomic mass is 16.5. The molecule has 1 amide bonds. The molecule has 3 aliphatic carbocycles. The van der Waals surface area contributed by atoms with E-state index in [0.29, 0.717) is 49.3 Å². The second kappa shape index (κ2) is 7.09. The first-order valence-electron chi connectivity index (χ1n) is 11.0. The van der Waals surface area contributed by atoms with Crippen LogP contribution in [0.5, 0.6) is 5.88 Å². The van der Waals surface area contributed by atoms with Gasteiger partial charge in [-0.2, -0.15) is 5.10 Å². The predicted molar refractivity (Wildman–Crippen MR) is 116 cm³/mol. The Balaban J connectivity index is 1.34. The zero-order chi connectivity index (χ0) is 21.9. The Labute approximate surface area is 185 Å². The van der Waals surface area contributed by atoms with Crippen LogP contribution in [0, 0.1) is 5.92 Å². The summed E-state index contributed by atoms with van der Waals surface area (Å²) in [4.78, 5) is 24.6. The fraction of sp³-hybridized carbons (Fsp3) is 0.435. The molecule has 0 radical (unpaired) electrons. The molecule has 4 aliphatic rings. The smallest absolute Gasteiger partial charge is 0.273 e. The van der Waals surface area contributed by atoms with Gasteiger partial charge in [0.25, 0.3) is 5.91 Å². The van der Waals surface area contributed by atoms with Crippen LogP contribution in [-0.4, -0.2) is 43.1 Å². The number of carbonyl (C=O) groups excluding carboxylic acids is 1. The van der Waals surface area contributed by atoms with Crippen LogP contribution in [0.1, 0.15) is 53.5 Å². The summed E-state index contributed by atoms with van der Waals surface area (Å²) < 4.78 is 11.0. The van der Waals surface area contributed by atoms with Crippen molar-refractivity contribution in [3.05, 3.63) is 46.9 Å². The zero-order valence-corrected chi connectivity index (χ0v) is 17.9.